The van der Waals surface area contributed by atoms with Gasteiger partial charge in [0.05, 0.1) is 6.04 Å². The van der Waals surface area contributed by atoms with E-state index in [1.54, 1.807) is 24.3 Å². The highest BCUT2D eigenvalue weighted by molar-refractivity contribution is 5.82. The van der Waals surface area contributed by atoms with Crippen molar-refractivity contribution in [2.75, 3.05) is 4.90 Å². The van der Waals surface area contributed by atoms with Crippen LogP contribution in [0.3, 0.4) is 0 Å². The van der Waals surface area contributed by atoms with Crippen molar-refractivity contribution in [2.24, 2.45) is 5.92 Å². The van der Waals surface area contributed by atoms with Crippen molar-refractivity contribution < 1.29 is 8.78 Å². The fourth-order valence-electron chi connectivity index (χ4n) is 8.78. The van der Waals surface area contributed by atoms with Gasteiger partial charge in [-0.25, -0.2) is 8.78 Å². The van der Waals surface area contributed by atoms with Crippen molar-refractivity contribution in [2.45, 2.75) is 91.0 Å². The molecule has 6 aromatic rings. The third kappa shape index (κ3) is 7.02. The van der Waals surface area contributed by atoms with E-state index in [0.29, 0.717) is 0 Å². The van der Waals surface area contributed by atoms with Gasteiger partial charge in [0.1, 0.15) is 11.6 Å². The summed E-state index contributed by atoms with van der Waals surface area (Å²) in [6.07, 6.45) is 1.77. The van der Waals surface area contributed by atoms with Crippen molar-refractivity contribution >= 4 is 11.4 Å². The molecule has 54 heavy (non-hydrogen) atoms. The maximum Gasteiger partial charge on any atom is 0.123 e. The second-order valence-corrected chi connectivity index (χ2v) is 16.7. The van der Waals surface area contributed by atoms with E-state index >= 15 is 0 Å². The van der Waals surface area contributed by atoms with Crippen LogP contribution < -0.4 is 4.90 Å². The molecule has 1 aliphatic carbocycles. The molecule has 0 bridgehead atoms. The Hall–Kier alpha value is -5.02. The molecule has 0 aromatic heterocycles. The summed E-state index contributed by atoms with van der Waals surface area (Å²) in [7, 11) is 0. The number of hydrogen-bond donors (Lipinski definition) is 0. The minimum Gasteiger partial charge on any atom is -0.334 e. The Morgan fingerprint density at radius 1 is 0.611 bits per heavy atom. The summed E-state index contributed by atoms with van der Waals surface area (Å²) in [6.45, 7) is 18.3. The van der Waals surface area contributed by atoms with Gasteiger partial charge in [-0.1, -0.05) is 138 Å². The number of hydrogen-bond acceptors (Lipinski definition) is 1. The van der Waals surface area contributed by atoms with Crippen molar-refractivity contribution in [3.05, 3.63) is 190 Å². The topological polar surface area (TPSA) is 3.24 Å². The Kier molecular flexibility index (Phi) is 10.1. The molecule has 0 heterocycles. The third-order valence-corrected chi connectivity index (χ3v) is 12.6. The predicted octanol–water partition coefficient (Wildman–Crippen LogP) is 14.1. The molecule has 1 nitrogen and oxygen atoms in total. The van der Waals surface area contributed by atoms with E-state index in [-0.39, 0.29) is 40.3 Å². The van der Waals surface area contributed by atoms with E-state index < -0.39 is 0 Å². The molecule has 0 saturated carbocycles. The van der Waals surface area contributed by atoms with Crippen LogP contribution in [0.4, 0.5) is 20.2 Å². The van der Waals surface area contributed by atoms with Crippen LogP contribution in [-0.2, 0) is 17.3 Å². The molecule has 3 heteroatoms. The Morgan fingerprint density at radius 3 is 1.67 bits per heavy atom. The lowest BCUT2D eigenvalue weighted by Gasteiger charge is -2.39. The van der Waals surface area contributed by atoms with Gasteiger partial charge in [0.25, 0.3) is 0 Å². The molecular formula is C51H53F2N. The molecule has 3 atom stereocenters. The molecule has 0 N–H and O–H groups in total. The number of aryl methyl sites for hydroxylation is 2. The lowest BCUT2D eigenvalue weighted by Crippen LogP contribution is -2.32. The summed E-state index contributed by atoms with van der Waals surface area (Å²) < 4.78 is 28.3. The number of anilines is 2. The van der Waals surface area contributed by atoms with Gasteiger partial charge >= 0.3 is 0 Å². The van der Waals surface area contributed by atoms with Crippen molar-refractivity contribution in [3.8, 4) is 11.1 Å². The van der Waals surface area contributed by atoms with Gasteiger partial charge in [0, 0.05) is 16.8 Å². The predicted molar refractivity (Wildman–Crippen MR) is 223 cm³/mol. The average molecular weight is 718 g/mol. The van der Waals surface area contributed by atoms with Gasteiger partial charge in [-0.15, -0.1) is 0 Å². The quantitative estimate of drug-likeness (QED) is 0.129. The van der Waals surface area contributed by atoms with Crippen LogP contribution in [0.25, 0.3) is 11.1 Å². The summed E-state index contributed by atoms with van der Waals surface area (Å²) >= 11 is 0. The van der Waals surface area contributed by atoms with Gasteiger partial charge in [0.2, 0.25) is 0 Å². The number of benzene rings is 6. The smallest absolute Gasteiger partial charge is 0.123 e. The number of nitrogens with zero attached hydrogens (tertiary/aromatic N) is 1. The first-order valence-electron chi connectivity index (χ1n) is 19.5. The first kappa shape index (κ1) is 37.3. The highest BCUT2D eigenvalue weighted by Gasteiger charge is 2.40. The zero-order valence-corrected chi connectivity index (χ0v) is 33.1. The molecule has 3 unspecified atom stereocenters. The van der Waals surface area contributed by atoms with E-state index in [2.05, 4.69) is 145 Å². The minimum absolute atomic E-state index is 0.0512. The third-order valence-electron chi connectivity index (χ3n) is 12.6. The van der Waals surface area contributed by atoms with Crippen LogP contribution in [0.15, 0.2) is 133 Å². The lowest BCUT2D eigenvalue weighted by molar-refractivity contribution is 0.287. The monoisotopic (exact) mass is 717 g/mol. The van der Waals surface area contributed by atoms with Crippen LogP contribution >= 0.6 is 0 Å². The molecule has 0 amide bonds. The van der Waals surface area contributed by atoms with Crippen LogP contribution in [0.5, 0.6) is 0 Å². The standard InChI is InChI=1S/C51H53F2N/c1-9-49(54(42-24-12-34(3)13-25-42)43-26-22-41(53)23-27-43)38-18-28-44-45-29-19-39(32-48(45)51(7,8)47(44)31-38)50(5,6)35(4)46(37-16-20-40(52)21-17-37)30-36-14-10-33(2)11-15-36/h10-29,31-32,35,46,49H,9,30H2,1-8H3. The van der Waals surface area contributed by atoms with Crippen LogP contribution in [-0.4, -0.2) is 0 Å². The average Bonchev–Trinajstić information content (AvgIpc) is 3.39. The Morgan fingerprint density at radius 2 is 1.09 bits per heavy atom. The van der Waals surface area contributed by atoms with Gasteiger partial charge in [-0.05, 0) is 137 Å². The molecule has 0 saturated heterocycles. The summed E-state index contributed by atoms with van der Waals surface area (Å²) in [5.41, 5.74) is 14.4. The molecule has 0 aliphatic heterocycles. The Bertz CT molecular complexity index is 2180. The highest BCUT2D eigenvalue weighted by atomic mass is 19.1. The van der Waals surface area contributed by atoms with E-state index in [0.717, 1.165) is 24.2 Å². The summed E-state index contributed by atoms with van der Waals surface area (Å²) in [6, 6.07) is 45.7. The number of rotatable bonds is 11. The van der Waals surface area contributed by atoms with Gasteiger partial charge in [0.15, 0.2) is 0 Å². The van der Waals surface area contributed by atoms with E-state index in [9.17, 15) is 8.78 Å². The SMILES string of the molecule is CCC(c1ccc2c(c1)C(C)(C)c1cc(C(C)(C)C(C)C(Cc3ccc(C)cc3)c3ccc(F)cc3)ccc1-2)N(c1ccc(C)cc1)c1ccc(F)cc1. The minimum atomic E-state index is -0.234. The second kappa shape index (κ2) is 14.7. The van der Waals surface area contributed by atoms with E-state index in [1.165, 1.54) is 55.6 Å². The second-order valence-electron chi connectivity index (χ2n) is 16.7. The fraction of sp³-hybridized carbons (Fsp3) is 0.294. The zero-order valence-electron chi connectivity index (χ0n) is 33.1. The maximum absolute atomic E-state index is 14.1. The largest absolute Gasteiger partial charge is 0.334 e. The molecule has 1 aliphatic rings. The molecule has 0 fully saturated rings. The molecule has 7 rings (SSSR count). The van der Waals surface area contributed by atoms with Gasteiger partial charge < -0.3 is 4.90 Å². The highest BCUT2D eigenvalue weighted by Crippen LogP contribution is 2.52. The Balaban J connectivity index is 1.24. The first-order valence-corrected chi connectivity index (χ1v) is 19.5. The van der Waals surface area contributed by atoms with Crippen molar-refractivity contribution in [1.29, 1.82) is 0 Å². The van der Waals surface area contributed by atoms with E-state index in [1.807, 2.05) is 24.3 Å². The van der Waals surface area contributed by atoms with Crippen LogP contribution in [0, 0.1) is 31.4 Å². The zero-order chi connectivity index (χ0) is 38.4. The molecule has 0 spiro atoms. The van der Waals surface area contributed by atoms with Gasteiger partial charge in [-0.2, -0.15) is 0 Å². The number of halogens is 2. The van der Waals surface area contributed by atoms with E-state index in [4.69, 9.17) is 0 Å². The summed E-state index contributed by atoms with van der Waals surface area (Å²) in [5.74, 6) is 0.0204. The molecule has 276 valence electrons. The first-order chi connectivity index (χ1) is 25.8. The molecular weight excluding hydrogens is 665 g/mol. The number of fused-ring (bicyclic) bond motifs is 3. The summed E-state index contributed by atoms with van der Waals surface area (Å²) in [4.78, 5) is 2.35. The van der Waals surface area contributed by atoms with Crippen LogP contribution in [0.2, 0.25) is 0 Å². The van der Waals surface area contributed by atoms with Gasteiger partial charge in [-0.3, -0.25) is 0 Å². The Labute approximate surface area is 321 Å². The van der Waals surface area contributed by atoms with Crippen molar-refractivity contribution in [3.63, 3.8) is 0 Å². The maximum atomic E-state index is 14.1. The molecule has 6 aromatic carbocycles. The lowest BCUT2D eigenvalue weighted by atomic mass is 9.65. The summed E-state index contributed by atoms with van der Waals surface area (Å²) in [5, 5.41) is 0. The molecule has 0 radical (unpaired) electrons. The fourth-order valence-corrected chi connectivity index (χ4v) is 8.78. The van der Waals surface area contributed by atoms with Crippen LogP contribution in [0.1, 0.15) is 104 Å². The van der Waals surface area contributed by atoms with Crippen molar-refractivity contribution in [1.82, 2.24) is 0 Å². The normalized spacial score (nSPS) is 14.9.